The summed E-state index contributed by atoms with van der Waals surface area (Å²) in [6.07, 6.45) is 0. The number of rotatable bonds is 8. The Morgan fingerprint density at radius 1 is 1.10 bits per heavy atom. The second-order valence-electron chi connectivity index (χ2n) is 6.11. The molecule has 1 heterocycles. The highest BCUT2D eigenvalue weighted by atomic mass is 35.5. The van der Waals surface area contributed by atoms with Crippen molar-refractivity contribution in [1.82, 2.24) is 14.8 Å². The van der Waals surface area contributed by atoms with Crippen LogP contribution in [0.2, 0.25) is 5.02 Å². The van der Waals surface area contributed by atoms with Gasteiger partial charge in [0.2, 0.25) is 5.91 Å². The number of carbonyl (C=O) groups is 2. The summed E-state index contributed by atoms with van der Waals surface area (Å²) in [6, 6.07) is 13.5. The highest BCUT2D eigenvalue weighted by Gasteiger charge is 2.13. The highest BCUT2D eigenvalue weighted by Crippen LogP contribution is 2.19. The van der Waals surface area contributed by atoms with E-state index >= 15 is 0 Å². The number of amides is 1. The summed E-state index contributed by atoms with van der Waals surface area (Å²) in [5.74, 6) is 0.831. The Morgan fingerprint density at radius 3 is 2.47 bits per heavy atom. The lowest BCUT2D eigenvalue weighted by molar-refractivity contribution is -0.113. The molecule has 1 N–H and O–H groups in total. The second kappa shape index (κ2) is 10.1. The van der Waals surface area contributed by atoms with Gasteiger partial charge in [-0.2, -0.15) is 0 Å². The normalized spacial score (nSPS) is 10.5. The summed E-state index contributed by atoms with van der Waals surface area (Å²) in [7, 11) is 3.13. The Kier molecular flexibility index (Phi) is 7.31. The van der Waals surface area contributed by atoms with Gasteiger partial charge in [0.1, 0.15) is 12.4 Å². The van der Waals surface area contributed by atoms with Crippen LogP contribution in [-0.4, -0.2) is 39.5 Å². The van der Waals surface area contributed by atoms with Crippen LogP contribution in [0.25, 0.3) is 0 Å². The molecule has 8 nitrogen and oxygen atoms in total. The minimum Gasteiger partial charge on any atom is -0.486 e. The Balaban J connectivity index is 1.50. The number of hydrogen-bond donors (Lipinski definition) is 1. The van der Waals surface area contributed by atoms with Gasteiger partial charge in [-0.25, -0.2) is 4.79 Å². The Hall–Kier alpha value is -3.04. The largest absolute Gasteiger partial charge is 0.486 e. The summed E-state index contributed by atoms with van der Waals surface area (Å²) in [5, 5.41) is 12.2. The Labute approximate surface area is 182 Å². The molecular weight excluding hydrogens is 428 g/mol. The van der Waals surface area contributed by atoms with Crippen LogP contribution in [0.5, 0.6) is 5.75 Å². The molecule has 0 saturated carbocycles. The molecule has 0 unspecified atom stereocenters. The van der Waals surface area contributed by atoms with Gasteiger partial charge in [0.25, 0.3) is 0 Å². The molecule has 1 aromatic heterocycles. The Morgan fingerprint density at radius 2 is 1.80 bits per heavy atom. The van der Waals surface area contributed by atoms with E-state index in [0.717, 1.165) is 0 Å². The molecule has 3 rings (SSSR count). The minimum atomic E-state index is -0.429. The fourth-order valence-corrected chi connectivity index (χ4v) is 3.27. The molecule has 3 aromatic rings. The topological polar surface area (TPSA) is 95.3 Å². The molecule has 156 valence electrons. The van der Waals surface area contributed by atoms with Crippen LogP contribution in [-0.2, 0) is 23.2 Å². The molecule has 0 atom stereocenters. The van der Waals surface area contributed by atoms with Crippen LogP contribution in [0.4, 0.5) is 5.69 Å². The predicted molar refractivity (Wildman–Crippen MR) is 114 cm³/mol. The number of esters is 1. The zero-order chi connectivity index (χ0) is 21.5. The first kappa shape index (κ1) is 21.7. The second-order valence-corrected chi connectivity index (χ2v) is 7.49. The standard InChI is InChI=1S/C20H19ClN4O4S/c1-25-17(11-29-16-9-5-14(21)6-10-16)23-24-20(25)30-12-18(26)22-15-7-3-13(4-8-15)19(27)28-2/h3-10H,11-12H2,1-2H3,(H,22,26). The number of halogens is 1. The molecule has 0 spiro atoms. The van der Waals surface area contributed by atoms with Gasteiger partial charge in [0, 0.05) is 17.8 Å². The maximum atomic E-state index is 12.2. The van der Waals surface area contributed by atoms with Crippen molar-refractivity contribution in [2.45, 2.75) is 11.8 Å². The Bertz CT molecular complexity index is 1020. The number of methoxy groups -OCH3 is 1. The maximum Gasteiger partial charge on any atom is 0.337 e. The number of hydrogen-bond acceptors (Lipinski definition) is 7. The van der Waals surface area contributed by atoms with E-state index in [4.69, 9.17) is 16.3 Å². The van der Waals surface area contributed by atoms with Crippen molar-refractivity contribution in [2.24, 2.45) is 7.05 Å². The van der Waals surface area contributed by atoms with Crippen molar-refractivity contribution in [3.05, 3.63) is 64.9 Å². The van der Waals surface area contributed by atoms with Gasteiger partial charge in [0.15, 0.2) is 11.0 Å². The molecule has 1 amide bonds. The van der Waals surface area contributed by atoms with Crippen LogP contribution in [0.15, 0.2) is 53.7 Å². The molecule has 0 saturated heterocycles. The smallest absolute Gasteiger partial charge is 0.337 e. The molecule has 0 aliphatic carbocycles. The lowest BCUT2D eigenvalue weighted by Gasteiger charge is -2.07. The zero-order valence-electron chi connectivity index (χ0n) is 16.3. The van der Waals surface area contributed by atoms with Gasteiger partial charge in [-0.05, 0) is 48.5 Å². The van der Waals surface area contributed by atoms with Crippen LogP contribution in [0, 0.1) is 0 Å². The van der Waals surface area contributed by atoms with Crippen LogP contribution < -0.4 is 10.1 Å². The first-order valence-corrected chi connectivity index (χ1v) is 10.2. The van der Waals surface area contributed by atoms with Gasteiger partial charge in [-0.3, -0.25) is 4.79 Å². The van der Waals surface area contributed by atoms with E-state index in [2.05, 4.69) is 20.3 Å². The third-order valence-corrected chi connectivity index (χ3v) is 5.30. The lowest BCUT2D eigenvalue weighted by Crippen LogP contribution is -2.14. The van der Waals surface area contributed by atoms with Crippen molar-refractivity contribution in [3.8, 4) is 5.75 Å². The fraction of sp³-hybridized carbons (Fsp3) is 0.200. The zero-order valence-corrected chi connectivity index (χ0v) is 17.9. The summed E-state index contributed by atoms with van der Waals surface area (Å²) >= 11 is 7.12. The van der Waals surface area contributed by atoms with Gasteiger partial charge in [0.05, 0.1) is 18.4 Å². The van der Waals surface area contributed by atoms with Crippen molar-refractivity contribution >= 4 is 40.9 Å². The van der Waals surface area contributed by atoms with Crippen molar-refractivity contribution < 1.29 is 19.1 Å². The van der Waals surface area contributed by atoms with E-state index in [-0.39, 0.29) is 18.3 Å². The average Bonchev–Trinajstić information content (AvgIpc) is 3.11. The third-order valence-electron chi connectivity index (χ3n) is 4.03. The van der Waals surface area contributed by atoms with Crippen LogP contribution in [0.3, 0.4) is 0 Å². The molecule has 0 radical (unpaired) electrons. The number of aromatic nitrogens is 3. The summed E-state index contributed by atoms with van der Waals surface area (Å²) < 4.78 is 12.1. The molecule has 10 heteroatoms. The van der Waals surface area contributed by atoms with Crippen LogP contribution in [0.1, 0.15) is 16.2 Å². The summed E-state index contributed by atoms with van der Waals surface area (Å²) in [4.78, 5) is 23.6. The fourth-order valence-electron chi connectivity index (χ4n) is 2.41. The van der Waals surface area contributed by atoms with Gasteiger partial charge < -0.3 is 19.4 Å². The van der Waals surface area contributed by atoms with Crippen molar-refractivity contribution in [1.29, 1.82) is 0 Å². The van der Waals surface area contributed by atoms with E-state index in [9.17, 15) is 9.59 Å². The van der Waals surface area contributed by atoms with E-state index in [1.165, 1.54) is 18.9 Å². The highest BCUT2D eigenvalue weighted by molar-refractivity contribution is 7.99. The number of benzene rings is 2. The molecule has 0 aliphatic heterocycles. The first-order valence-electron chi connectivity index (χ1n) is 8.84. The van der Waals surface area contributed by atoms with E-state index in [0.29, 0.717) is 33.0 Å². The first-order chi connectivity index (χ1) is 14.5. The van der Waals surface area contributed by atoms with E-state index in [1.54, 1.807) is 53.1 Å². The summed E-state index contributed by atoms with van der Waals surface area (Å²) in [5.41, 5.74) is 1.00. The predicted octanol–water partition coefficient (Wildman–Crippen LogP) is 3.56. The SMILES string of the molecule is COC(=O)c1ccc(NC(=O)CSc2nnc(COc3ccc(Cl)cc3)n2C)cc1. The van der Waals surface area contributed by atoms with E-state index in [1.807, 2.05) is 7.05 Å². The average molecular weight is 447 g/mol. The number of ether oxygens (including phenoxy) is 2. The number of nitrogens with one attached hydrogen (secondary N) is 1. The maximum absolute atomic E-state index is 12.2. The quantitative estimate of drug-likeness (QED) is 0.417. The summed E-state index contributed by atoms with van der Waals surface area (Å²) in [6.45, 7) is 0.241. The number of carbonyl (C=O) groups excluding carboxylic acids is 2. The van der Waals surface area contributed by atoms with Gasteiger partial charge >= 0.3 is 5.97 Å². The molecule has 0 bridgehead atoms. The van der Waals surface area contributed by atoms with E-state index < -0.39 is 5.97 Å². The molecule has 30 heavy (non-hydrogen) atoms. The molecular formula is C20H19ClN4O4S. The number of anilines is 1. The van der Waals surface area contributed by atoms with Gasteiger partial charge in [-0.15, -0.1) is 10.2 Å². The molecule has 0 aliphatic rings. The lowest BCUT2D eigenvalue weighted by atomic mass is 10.2. The monoisotopic (exact) mass is 446 g/mol. The third kappa shape index (κ3) is 5.74. The molecule has 2 aromatic carbocycles. The van der Waals surface area contributed by atoms with Crippen LogP contribution >= 0.6 is 23.4 Å². The number of thioether (sulfide) groups is 1. The minimum absolute atomic E-state index is 0.156. The molecule has 0 fully saturated rings. The van der Waals surface area contributed by atoms with Crippen molar-refractivity contribution in [2.75, 3.05) is 18.2 Å². The number of nitrogens with zero attached hydrogens (tertiary/aromatic N) is 3. The van der Waals surface area contributed by atoms with Crippen molar-refractivity contribution in [3.63, 3.8) is 0 Å². The van der Waals surface area contributed by atoms with Gasteiger partial charge in [-0.1, -0.05) is 23.4 Å².